The van der Waals surface area contributed by atoms with Gasteiger partial charge in [-0.1, -0.05) is 23.7 Å². The highest BCUT2D eigenvalue weighted by Gasteiger charge is 2.31. The summed E-state index contributed by atoms with van der Waals surface area (Å²) in [7, 11) is 0. The Morgan fingerprint density at radius 1 is 0.917 bits per heavy atom. The summed E-state index contributed by atoms with van der Waals surface area (Å²) in [6.45, 7) is 1.40. The Kier molecular flexibility index (Phi) is 6.98. The first kappa shape index (κ1) is 24.8. The minimum atomic E-state index is -4.55. The smallest absolute Gasteiger partial charge is 0.416 e. The number of nitrogens with zero attached hydrogens (tertiary/aromatic N) is 1. The molecule has 0 radical (unpaired) electrons. The van der Waals surface area contributed by atoms with Gasteiger partial charge in [-0.25, -0.2) is 4.79 Å². The predicted octanol–water partition coefficient (Wildman–Crippen LogP) is 7.30. The molecule has 1 heterocycles. The fourth-order valence-corrected chi connectivity index (χ4v) is 3.60. The first-order valence-electron chi connectivity index (χ1n) is 10.5. The van der Waals surface area contributed by atoms with Crippen molar-refractivity contribution in [3.05, 3.63) is 83.5 Å². The number of carbonyl (C=O) groups excluding carboxylic acids is 2. The van der Waals surface area contributed by atoms with Gasteiger partial charge in [0, 0.05) is 30.3 Å². The highest BCUT2D eigenvalue weighted by atomic mass is 35.5. The average molecular weight is 515 g/mol. The highest BCUT2D eigenvalue weighted by molar-refractivity contribution is 6.33. The molecule has 11 heteroatoms. The van der Waals surface area contributed by atoms with E-state index in [4.69, 9.17) is 16.3 Å². The molecule has 3 amide bonds. The van der Waals surface area contributed by atoms with E-state index >= 15 is 0 Å². The van der Waals surface area contributed by atoms with Crippen molar-refractivity contribution in [3.63, 3.8) is 0 Å². The summed E-state index contributed by atoms with van der Waals surface area (Å²) in [4.78, 5) is 28.2. The number of urea groups is 1. The molecule has 0 bridgehead atoms. The number of aromatic nitrogens is 1. The molecule has 3 N–H and O–H groups in total. The fourth-order valence-electron chi connectivity index (χ4n) is 3.37. The number of ether oxygens (including phenoxy) is 1. The lowest BCUT2D eigenvalue weighted by Gasteiger charge is -2.13. The van der Waals surface area contributed by atoms with Crippen LogP contribution in [0.5, 0.6) is 11.5 Å². The van der Waals surface area contributed by atoms with E-state index in [1.807, 2.05) is 0 Å². The van der Waals surface area contributed by atoms with Crippen molar-refractivity contribution in [1.82, 2.24) is 4.98 Å². The predicted molar refractivity (Wildman–Crippen MR) is 132 cm³/mol. The third-order valence-electron chi connectivity index (χ3n) is 4.91. The van der Waals surface area contributed by atoms with Crippen molar-refractivity contribution >= 4 is 51.5 Å². The van der Waals surface area contributed by atoms with Crippen LogP contribution < -0.4 is 20.7 Å². The summed E-state index contributed by atoms with van der Waals surface area (Å²) >= 11 is 5.89. The van der Waals surface area contributed by atoms with Crippen LogP contribution in [0.2, 0.25) is 5.02 Å². The van der Waals surface area contributed by atoms with Gasteiger partial charge in [0.25, 0.3) is 0 Å². The Morgan fingerprint density at radius 2 is 1.69 bits per heavy atom. The molecule has 3 aromatic carbocycles. The van der Waals surface area contributed by atoms with E-state index in [9.17, 15) is 22.8 Å². The molecule has 184 valence electrons. The third kappa shape index (κ3) is 5.84. The number of rotatable bonds is 5. The van der Waals surface area contributed by atoms with Crippen LogP contribution in [0.25, 0.3) is 10.9 Å². The number of pyridine rings is 1. The van der Waals surface area contributed by atoms with Gasteiger partial charge in [0.2, 0.25) is 5.91 Å². The molecule has 1 aromatic heterocycles. The standard InChI is InChI=1S/C25H18ClF3N4O3/c1-14(34)31-21-7-3-6-18-22(10-11-30-23(18)21)36-17-5-2-4-16(13-17)32-24(35)33-20-9-8-15(12-19(20)26)25(27,28)29/h2-13H,1H3,(H,31,34)(H2,32,33,35). The number of para-hydroxylation sites is 1. The second kappa shape index (κ2) is 10.1. The monoisotopic (exact) mass is 514 g/mol. The van der Waals surface area contributed by atoms with Gasteiger partial charge < -0.3 is 20.7 Å². The fraction of sp³-hybridized carbons (Fsp3) is 0.0800. The number of amides is 3. The van der Waals surface area contributed by atoms with Gasteiger partial charge in [-0.15, -0.1) is 0 Å². The van der Waals surface area contributed by atoms with Crippen LogP contribution in [0, 0.1) is 0 Å². The van der Waals surface area contributed by atoms with Gasteiger partial charge >= 0.3 is 12.2 Å². The molecular weight excluding hydrogens is 497 g/mol. The van der Waals surface area contributed by atoms with Crippen molar-refractivity contribution in [2.75, 3.05) is 16.0 Å². The van der Waals surface area contributed by atoms with Gasteiger partial charge in [-0.05, 0) is 48.5 Å². The number of alkyl halides is 3. The van der Waals surface area contributed by atoms with Gasteiger partial charge in [0.15, 0.2) is 0 Å². The minimum Gasteiger partial charge on any atom is -0.457 e. The van der Waals surface area contributed by atoms with Crippen LogP contribution >= 0.6 is 11.6 Å². The summed E-state index contributed by atoms with van der Waals surface area (Å²) < 4.78 is 44.4. The van der Waals surface area contributed by atoms with Crippen molar-refractivity contribution in [1.29, 1.82) is 0 Å². The first-order valence-corrected chi connectivity index (χ1v) is 10.9. The van der Waals surface area contributed by atoms with E-state index < -0.39 is 17.8 Å². The Bertz CT molecular complexity index is 1460. The van der Waals surface area contributed by atoms with E-state index in [-0.39, 0.29) is 16.6 Å². The van der Waals surface area contributed by atoms with E-state index in [1.54, 1.807) is 54.7 Å². The third-order valence-corrected chi connectivity index (χ3v) is 5.22. The van der Waals surface area contributed by atoms with E-state index in [0.29, 0.717) is 33.8 Å². The van der Waals surface area contributed by atoms with Gasteiger partial charge in [-0.3, -0.25) is 9.78 Å². The van der Waals surface area contributed by atoms with E-state index in [0.717, 1.165) is 18.2 Å². The summed E-state index contributed by atoms with van der Waals surface area (Å²) in [5.41, 5.74) is 0.556. The first-order chi connectivity index (χ1) is 17.1. The van der Waals surface area contributed by atoms with Crippen LogP contribution in [-0.2, 0) is 11.0 Å². The highest BCUT2D eigenvalue weighted by Crippen LogP contribution is 2.35. The molecule has 0 spiro atoms. The molecule has 0 aliphatic rings. The quantitative estimate of drug-likeness (QED) is 0.260. The van der Waals surface area contributed by atoms with Crippen LogP contribution in [-0.4, -0.2) is 16.9 Å². The Balaban J connectivity index is 1.49. The van der Waals surface area contributed by atoms with E-state index in [1.165, 1.54) is 6.92 Å². The molecule has 0 aliphatic carbocycles. The summed E-state index contributed by atoms with van der Waals surface area (Å²) in [5.74, 6) is 0.647. The Labute approximate surface area is 208 Å². The molecule has 0 unspecified atom stereocenters. The Morgan fingerprint density at radius 3 is 2.42 bits per heavy atom. The van der Waals surface area contributed by atoms with Crippen LogP contribution in [0.15, 0.2) is 72.9 Å². The van der Waals surface area contributed by atoms with E-state index in [2.05, 4.69) is 20.9 Å². The maximum Gasteiger partial charge on any atom is 0.416 e. The number of hydrogen-bond acceptors (Lipinski definition) is 4. The van der Waals surface area contributed by atoms with Crippen molar-refractivity contribution in [3.8, 4) is 11.5 Å². The molecule has 0 fully saturated rings. The molecule has 0 saturated carbocycles. The number of carbonyl (C=O) groups is 2. The Hall–Kier alpha value is -4.31. The second-order valence-electron chi connectivity index (χ2n) is 7.59. The lowest BCUT2D eigenvalue weighted by Crippen LogP contribution is -2.19. The van der Waals surface area contributed by atoms with Crippen LogP contribution in [0.3, 0.4) is 0 Å². The SMILES string of the molecule is CC(=O)Nc1cccc2c(Oc3cccc(NC(=O)Nc4ccc(C(F)(F)F)cc4Cl)c3)ccnc12. The average Bonchev–Trinajstić information content (AvgIpc) is 2.80. The molecule has 7 nitrogen and oxygen atoms in total. The topological polar surface area (TPSA) is 92.4 Å². The van der Waals surface area contributed by atoms with Gasteiger partial charge in [0.1, 0.15) is 11.5 Å². The molecule has 0 aliphatic heterocycles. The molecule has 0 saturated heterocycles. The zero-order valence-corrected chi connectivity index (χ0v) is 19.4. The number of anilines is 3. The number of hydrogen-bond donors (Lipinski definition) is 3. The van der Waals surface area contributed by atoms with Crippen molar-refractivity contribution < 1.29 is 27.5 Å². The van der Waals surface area contributed by atoms with Crippen LogP contribution in [0.1, 0.15) is 12.5 Å². The molecule has 36 heavy (non-hydrogen) atoms. The lowest BCUT2D eigenvalue weighted by molar-refractivity contribution is -0.137. The van der Waals surface area contributed by atoms with Crippen molar-refractivity contribution in [2.24, 2.45) is 0 Å². The summed E-state index contributed by atoms with van der Waals surface area (Å²) in [5, 5.41) is 8.15. The zero-order chi connectivity index (χ0) is 25.9. The molecule has 4 rings (SSSR count). The van der Waals surface area contributed by atoms with Crippen LogP contribution in [0.4, 0.5) is 35.0 Å². The largest absolute Gasteiger partial charge is 0.457 e. The minimum absolute atomic E-state index is 0.0211. The maximum absolute atomic E-state index is 12.8. The molecule has 4 aromatic rings. The van der Waals surface area contributed by atoms with Gasteiger partial charge in [-0.2, -0.15) is 13.2 Å². The zero-order valence-electron chi connectivity index (χ0n) is 18.6. The van der Waals surface area contributed by atoms with Gasteiger partial charge in [0.05, 0.1) is 27.5 Å². The maximum atomic E-state index is 12.8. The lowest BCUT2D eigenvalue weighted by atomic mass is 10.1. The summed E-state index contributed by atoms with van der Waals surface area (Å²) in [6.07, 6.45) is -3.00. The van der Waals surface area contributed by atoms with Crippen molar-refractivity contribution in [2.45, 2.75) is 13.1 Å². The number of benzene rings is 3. The summed E-state index contributed by atoms with van der Waals surface area (Å²) in [6, 6.07) is 15.4. The number of halogens is 4. The second-order valence-corrected chi connectivity index (χ2v) is 8.00. The number of nitrogens with one attached hydrogen (secondary N) is 3. The molecule has 0 atom stereocenters. The molecular formula is C25H18ClF3N4O3. The normalized spacial score (nSPS) is 11.1. The number of fused-ring (bicyclic) bond motifs is 1.